The lowest BCUT2D eigenvalue weighted by Gasteiger charge is -2.16. The van der Waals surface area contributed by atoms with Gasteiger partial charge < -0.3 is 5.73 Å². The highest BCUT2D eigenvalue weighted by Gasteiger charge is 2.52. The summed E-state index contributed by atoms with van der Waals surface area (Å²) < 4.78 is 0. The zero-order chi connectivity index (χ0) is 11.1. The van der Waals surface area contributed by atoms with E-state index in [-0.39, 0.29) is 0 Å². The van der Waals surface area contributed by atoms with Crippen molar-refractivity contribution in [2.45, 2.75) is 39.0 Å². The second-order valence-corrected chi connectivity index (χ2v) is 4.97. The molecule has 0 unspecified atom stereocenters. The first kappa shape index (κ1) is 10.7. The second kappa shape index (κ2) is 3.64. The Kier molecular flexibility index (Phi) is 2.59. The maximum absolute atomic E-state index is 5.95. The average Bonchev–Trinajstić information content (AvgIpc) is 2.97. The van der Waals surface area contributed by atoms with Crippen molar-refractivity contribution in [3.63, 3.8) is 0 Å². The fourth-order valence-corrected chi connectivity index (χ4v) is 2.69. The molecule has 1 aromatic rings. The predicted molar refractivity (Wildman–Crippen MR) is 65.0 cm³/mol. The molecule has 1 heteroatoms. The van der Waals surface area contributed by atoms with E-state index in [1.54, 1.807) is 0 Å². The molecule has 0 heterocycles. The Balaban J connectivity index is 2.33. The normalized spacial score (nSPS) is 29.2. The standard InChI is InChI=1S/C14H21N/c1-4-12-8-14(12,9-15)13-6-5-10(2)11(3)7-13/h5-7,12H,4,8-9,15H2,1-3H3/t12-,14-/m0/s1. The molecular formula is C14H21N. The molecule has 0 saturated heterocycles. The summed E-state index contributed by atoms with van der Waals surface area (Å²) in [5, 5.41) is 0. The van der Waals surface area contributed by atoms with Crippen molar-refractivity contribution in [3.05, 3.63) is 34.9 Å². The van der Waals surface area contributed by atoms with Crippen LogP contribution in [0.1, 0.15) is 36.5 Å². The van der Waals surface area contributed by atoms with Crippen LogP contribution < -0.4 is 5.73 Å². The number of benzene rings is 1. The third-order valence-electron chi connectivity index (χ3n) is 4.17. The Morgan fingerprint density at radius 2 is 2.07 bits per heavy atom. The van der Waals surface area contributed by atoms with E-state index >= 15 is 0 Å². The van der Waals surface area contributed by atoms with Crippen molar-refractivity contribution in [1.82, 2.24) is 0 Å². The molecule has 0 aromatic heterocycles. The van der Waals surface area contributed by atoms with E-state index in [4.69, 9.17) is 5.73 Å². The highest BCUT2D eigenvalue weighted by Crippen LogP contribution is 2.55. The number of nitrogens with two attached hydrogens (primary N) is 1. The minimum atomic E-state index is 0.313. The lowest BCUT2D eigenvalue weighted by atomic mass is 9.90. The first-order chi connectivity index (χ1) is 7.14. The quantitative estimate of drug-likeness (QED) is 0.803. The van der Waals surface area contributed by atoms with Gasteiger partial charge in [0.1, 0.15) is 0 Å². The van der Waals surface area contributed by atoms with Crippen LogP contribution in [0.15, 0.2) is 18.2 Å². The average molecular weight is 203 g/mol. The summed E-state index contributed by atoms with van der Waals surface area (Å²) in [7, 11) is 0. The molecule has 0 amide bonds. The number of rotatable bonds is 3. The molecule has 1 aromatic carbocycles. The van der Waals surface area contributed by atoms with E-state index in [9.17, 15) is 0 Å². The summed E-state index contributed by atoms with van der Waals surface area (Å²) >= 11 is 0. The Morgan fingerprint density at radius 1 is 1.33 bits per heavy atom. The maximum Gasteiger partial charge on any atom is 0.0107 e. The van der Waals surface area contributed by atoms with Gasteiger partial charge in [-0.15, -0.1) is 0 Å². The van der Waals surface area contributed by atoms with Gasteiger partial charge >= 0.3 is 0 Å². The Labute approximate surface area is 92.7 Å². The molecule has 1 fully saturated rings. The van der Waals surface area contributed by atoms with Gasteiger partial charge in [0, 0.05) is 12.0 Å². The first-order valence-electron chi connectivity index (χ1n) is 5.92. The Bertz CT molecular complexity index is 370. The molecule has 15 heavy (non-hydrogen) atoms. The Morgan fingerprint density at radius 3 is 2.53 bits per heavy atom. The number of hydrogen-bond donors (Lipinski definition) is 1. The topological polar surface area (TPSA) is 26.0 Å². The summed E-state index contributed by atoms with van der Waals surface area (Å²) in [5.74, 6) is 0.810. The van der Waals surface area contributed by atoms with Gasteiger partial charge in [-0.05, 0) is 42.9 Å². The molecule has 0 radical (unpaired) electrons. The lowest BCUT2D eigenvalue weighted by molar-refractivity contribution is 0.599. The molecule has 1 aliphatic carbocycles. The molecule has 2 atom stereocenters. The van der Waals surface area contributed by atoms with Crippen LogP contribution in [0.4, 0.5) is 0 Å². The minimum absolute atomic E-state index is 0.313. The van der Waals surface area contributed by atoms with Crippen LogP contribution in [0.2, 0.25) is 0 Å². The van der Waals surface area contributed by atoms with E-state index in [2.05, 4.69) is 39.0 Å². The summed E-state index contributed by atoms with van der Waals surface area (Å²) in [4.78, 5) is 0. The molecule has 0 bridgehead atoms. The van der Waals surface area contributed by atoms with Gasteiger partial charge in [-0.2, -0.15) is 0 Å². The van der Waals surface area contributed by atoms with Crippen LogP contribution in [0.5, 0.6) is 0 Å². The predicted octanol–water partition coefficient (Wildman–Crippen LogP) is 2.93. The van der Waals surface area contributed by atoms with Crippen molar-refractivity contribution in [3.8, 4) is 0 Å². The van der Waals surface area contributed by atoms with Crippen LogP contribution in [0, 0.1) is 19.8 Å². The van der Waals surface area contributed by atoms with Crippen LogP contribution in [0.3, 0.4) is 0 Å². The minimum Gasteiger partial charge on any atom is -0.330 e. The zero-order valence-corrected chi connectivity index (χ0v) is 10.0. The smallest absolute Gasteiger partial charge is 0.0107 e. The molecule has 1 aliphatic rings. The van der Waals surface area contributed by atoms with Crippen molar-refractivity contribution >= 4 is 0 Å². The third-order valence-corrected chi connectivity index (χ3v) is 4.17. The van der Waals surface area contributed by atoms with Crippen LogP contribution in [-0.2, 0) is 5.41 Å². The van der Waals surface area contributed by atoms with Gasteiger partial charge in [0.15, 0.2) is 0 Å². The fraction of sp³-hybridized carbons (Fsp3) is 0.571. The zero-order valence-electron chi connectivity index (χ0n) is 10.0. The lowest BCUT2D eigenvalue weighted by Crippen LogP contribution is -2.22. The summed E-state index contributed by atoms with van der Waals surface area (Å²) in [6.07, 6.45) is 2.53. The molecule has 1 saturated carbocycles. The van der Waals surface area contributed by atoms with Gasteiger partial charge in [0.25, 0.3) is 0 Å². The SMILES string of the molecule is CC[C@H]1C[C@@]1(CN)c1ccc(C)c(C)c1. The molecule has 0 spiro atoms. The van der Waals surface area contributed by atoms with Crippen LogP contribution in [-0.4, -0.2) is 6.54 Å². The number of aryl methyl sites for hydroxylation is 2. The first-order valence-corrected chi connectivity index (χ1v) is 5.92. The maximum atomic E-state index is 5.95. The highest BCUT2D eigenvalue weighted by atomic mass is 14.7. The van der Waals surface area contributed by atoms with Crippen molar-refractivity contribution < 1.29 is 0 Å². The largest absolute Gasteiger partial charge is 0.330 e. The molecule has 0 aliphatic heterocycles. The molecular weight excluding hydrogens is 182 g/mol. The van der Waals surface area contributed by atoms with E-state index in [0.717, 1.165) is 12.5 Å². The van der Waals surface area contributed by atoms with E-state index in [0.29, 0.717) is 5.41 Å². The van der Waals surface area contributed by atoms with Crippen molar-refractivity contribution in [2.75, 3.05) is 6.54 Å². The third kappa shape index (κ3) is 1.59. The fourth-order valence-electron chi connectivity index (χ4n) is 2.69. The highest BCUT2D eigenvalue weighted by molar-refractivity contribution is 5.39. The van der Waals surface area contributed by atoms with Gasteiger partial charge in [-0.25, -0.2) is 0 Å². The van der Waals surface area contributed by atoms with Crippen molar-refractivity contribution in [1.29, 1.82) is 0 Å². The van der Waals surface area contributed by atoms with Gasteiger partial charge in [0.2, 0.25) is 0 Å². The van der Waals surface area contributed by atoms with E-state index in [1.807, 2.05) is 0 Å². The molecule has 2 rings (SSSR count). The van der Waals surface area contributed by atoms with E-state index < -0.39 is 0 Å². The monoisotopic (exact) mass is 203 g/mol. The molecule has 82 valence electrons. The van der Waals surface area contributed by atoms with Crippen molar-refractivity contribution in [2.24, 2.45) is 11.7 Å². The van der Waals surface area contributed by atoms with E-state index in [1.165, 1.54) is 29.5 Å². The summed E-state index contributed by atoms with van der Waals surface area (Å²) in [5.41, 5.74) is 10.5. The van der Waals surface area contributed by atoms with Gasteiger partial charge in [-0.1, -0.05) is 31.5 Å². The number of hydrogen-bond acceptors (Lipinski definition) is 1. The Hall–Kier alpha value is -0.820. The summed E-state index contributed by atoms with van der Waals surface area (Å²) in [6, 6.07) is 6.83. The second-order valence-electron chi connectivity index (χ2n) is 4.97. The summed E-state index contributed by atoms with van der Waals surface area (Å²) in [6.45, 7) is 7.42. The molecule has 2 N–H and O–H groups in total. The van der Waals surface area contributed by atoms with Gasteiger partial charge in [0.05, 0.1) is 0 Å². The van der Waals surface area contributed by atoms with Crippen LogP contribution in [0.25, 0.3) is 0 Å². The van der Waals surface area contributed by atoms with Crippen LogP contribution >= 0.6 is 0 Å². The van der Waals surface area contributed by atoms with Gasteiger partial charge in [-0.3, -0.25) is 0 Å². The molecule has 1 nitrogen and oxygen atoms in total.